The summed E-state index contributed by atoms with van der Waals surface area (Å²) in [5, 5.41) is 5.34. The van der Waals surface area contributed by atoms with Crippen molar-refractivity contribution in [2.45, 2.75) is 33.8 Å². The summed E-state index contributed by atoms with van der Waals surface area (Å²) in [4.78, 5) is 35.9. The molecule has 1 atom stereocenters. The number of amides is 2. The van der Waals surface area contributed by atoms with E-state index in [4.69, 9.17) is 4.74 Å². The Kier molecular flexibility index (Phi) is 6.55. The fourth-order valence-corrected chi connectivity index (χ4v) is 3.19. The predicted molar refractivity (Wildman–Crippen MR) is 119 cm³/mol. The molecule has 0 fully saturated rings. The summed E-state index contributed by atoms with van der Waals surface area (Å²) in [6, 6.07) is 17.8. The summed E-state index contributed by atoms with van der Waals surface area (Å²) < 4.78 is 7.40. The molecule has 3 rings (SSSR count). The Morgan fingerprint density at radius 1 is 0.806 bits per heavy atom. The molecule has 0 aliphatic carbocycles. The molecule has 0 aliphatic rings. The maximum Gasteiger partial charge on any atom is 0.338 e. The molecule has 7 nitrogen and oxygen atoms in total. The second-order valence-electron chi connectivity index (χ2n) is 7.29. The number of benzene rings is 2. The van der Waals surface area contributed by atoms with Crippen LogP contribution in [0.2, 0.25) is 0 Å². The fraction of sp³-hybridized carbons (Fsp3) is 0.208. The lowest BCUT2D eigenvalue weighted by atomic mass is 10.2. The van der Waals surface area contributed by atoms with Crippen LogP contribution in [0.25, 0.3) is 5.69 Å². The third-order valence-corrected chi connectivity index (χ3v) is 4.76. The van der Waals surface area contributed by atoms with E-state index in [0.29, 0.717) is 16.9 Å². The lowest BCUT2D eigenvalue weighted by Gasteiger charge is -2.14. The lowest BCUT2D eigenvalue weighted by Crippen LogP contribution is -2.30. The molecule has 0 spiro atoms. The van der Waals surface area contributed by atoms with Crippen LogP contribution in [0.4, 0.5) is 11.4 Å². The zero-order valence-corrected chi connectivity index (χ0v) is 17.9. The van der Waals surface area contributed by atoms with Crippen LogP contribution in [-0.2, 0) is 14.3 Å². The van der Waals surface area contributed by atoms with Crippen LogP contribution in [-0.4, -0.2) is 28.5 Å². The van der Waals surface area contributed by atoms with Crippen LogP contribution >= 0.6 is 0 Å². The molecule has 1 aromatic heterocycles. The first-order chi connectivity index (χ1) is 14.7. The number of anilines is 2. The largest absolute Gasteiger partial charge is 0.449 e. The van der Waals surface area contributed by atoms with Crippen molar-refractivity contribution in [2.24, 2.45) is 0 Å². The summed E-state index contributed by atoms with van der Waals surface area (Å²) in [5.74, 6) is -1.20. The Morgan fingerprint density at radius 2 is 1.32 bits per heavy atom. The molecule has 3 aromatic rings. The average molecular weight is 419 g/mol. The molecule has 7 heteroatoms. The summed E-state index contributed by atoms with van der Waals surface area (Å²) >= 11 is 0. The van der Waals surface area contributed by atoms with Gasteiger partial charge in [-0.3, -0.25) is 9.59 Å². The number of rotatable bonds is 6. The number of carbonyl (C=O) groups excluding carboxylic acids is 3. The molecule has 0 radical (unpaired) electrons. The average Bonchev–Trinajstić information content (AvgIpc) is 3.07. The first kappa shape index (κ1) is 21.8. The molecule has 0 aliphatic heterocycles. The number of hydrogen-bond donors (Lipinski definition) is 2. The van der Waals surface area contributed by atoms with E-state index in [-0.39, 0.29) is 5.91 Å². The second kappa shape index (κ2) is 9.30. The molecule has 2 aromatic carbocycles. The van der Waals surface area contributed by atoms with E-state index in [1.54, 1.807) is 36.4 Å². The smallest absolute Gasteiger partial charge is 0.338 e. The van der Waals surface area contributed by atoms with E-state index in [2.05, 4.69) is 15.2 Å². The van der Waals surface area contributed by atoms with Crippen molar-refractivity contribution in [3.63, 3.8) is 0 Å². The van der Waals surface area contributed by atoms with Gasteiger partial charge in [-0.1, -0.05) is 0 Å². The van der Waals surface area contributed by atoms with E-state index < -0.39 is 18.0 Å². The first-order valence-electron chi connectivity index (χ1n) is 9.89. The molecule has 0 saturated carbocycles. The van der Waals surface area contributed by atoms with Crippen LogP contribution in [0, 0.1) is 13.8 Å². The first-order valence-corrected chi connectivity index (χ1v) is 9.89. The number of nitrogens with zero attached hydrogens (tertiary/aromatic N) is 1. The van der Waals surface area contributed by atoms with Gasteiger partial charge >= 0.3 is 5.97 Å². The quantitative estimate of drug-likeness (QED) is 0.585. The highest BCUT2D eigenvalue weighted by Gasteiger charge is 2.19. The second-order valence-corrected chi connectivity index (χ2v) is 7.29. The summed E-state index contributed by atoms with van der Waals surface area (Å²) in [7, 11) is 0. The predicted octanol–water partition coefficient (Wildman–Crippen LogP) is 4.24. The molecule has 0 unspecified atom stereocenters. The van der Waals surface area contributed by atoms with Gasteiger partial charge in [-0.2, -0.15) is 0 Å². The van der Waals surface area contributed by atoms with Gasteiger partial charge in [-0.05, 0) is 81.4 Å². The molecule has 2 N–H and O–H groups in total. The number of carbonyl (C=O) groups is 3. The minimum absolute atomic E-state index is 0.177. The fourth-order valence-electron chi connectivity index (χ4n) is 3.19. The highest BCUT2D eigenvalue weighted by molar-refractivity contribution is 5.97. The molecular formula is C24H25N3O4. The maximum atomic E-state index is 12.4. The highest BCUT2D eigenvalue weighted by Crippen LogP contribution is 2.18. The zero-order valence-electron chi connectivity index (χ0n) is 17.9. The molecular weight excluding hydrogens is 394 g/mol. The Labute approximate surface area is 181 Å². The molecule has 1 heterocycles. The number of ether oxygens (including phenoxy) is 1. The van der Waals surface area contributed by atoms with Crippen molar-refractivity contribution in [3.05, 3.63) is 77.6 Å². The van der Waals surface area contributed by atoms with Crippen LogP contribution in [0.15, 0.2) is 60.7 Å². The van der Waals surface area contributed by atoms with Gasteiger partial charge in [0, 0.05) is 35.4 Å². The Balaban J connectivity index is 1.59. The molecule has 0 bridgehead atoms. The van der Waals surface area contributed by atoms with E-state index in [9.17, 15) is 14.4 Å². The van der Waals surface area contributed by atoms with Crippen molar-refractivity contribution < 1.29 is 19.1 Å². The molecule has 31 heavy (non-hydrogen) atoms. The van der Waals surface area contributed by atoms with Gasteiger partial charge in [0.1, 0.15) is 0 Å². The number of hydrogen-bond acceptors (Lipinski definition) is 4. The third kappa shape index (κ3) is 5.39. The topological polar surface area (TPSA) is 89.4 Å². The van der Waals surface area contributed by atoms with E-state index in [1.165, 1.54) is 13.8 Å². The Hall–Kier alpha value is -3.87. The van der Waals surface area contributed by atoms with Gasteiger partial charge in [0.2, 0.25) is 5.91 Å². The highest BCUT2D eigenvalue weighted by atomic mass is 16.5. The zero-order chi connectivity index (χ0) is 22.5. The van der Waals surface area contributed by atoms with Crippen molar-refractivity contribution >= 4 is 29.2 Å². The van der Waals surface area contributed by atoms with E-state index in [1.807, 2.05) is 38.1 Å². The summed E-state index contributed by atoms with van der Waals surface area (Å²) in [6.07, 6.45) is -0.976. The minimum Gasteiger partial charge on any atom is -0.449 e. The van der Waals surface area contributed by atoms with E-state index >= 15 is 0 Å². The summed E-state index contributed by atoms with van der Waals surface area (Å²) in [5.41, 5.74) is 4.67. The van der Waals surface area contributed by atoms with Crippen molar-refractivity contribution in [1.82, 2.24) is 4.57 Å². The number of nitrogens with one attached hydrogen (secondary N) is 2. The van der Waals surface area contributed by atoms with Crippen LogP contribution in [0.3, 0.4) is 0 Å². The molecule has 160 valence electrons. The summed E-state index contributed by atoms with van der Waals surface area (Å²) in [6.45, 7) is 6.97. The Morgan fingerprint density at radius 3 is 1.84 bits per heavy atom. The van der Waals surface area contributed by atoms with Crippen LogP contribution in [0.1, 0.15) is 35.6 Å². The molecule has 0 saturated heterocycles. The van der Waals surface area contributed by atoms with Gasteiger partial charge in [-0.15, -0.1) is 0 Å². The standard InChI is InChI=1S/C24H25N3O4/c1-15-5-6-16(2)27(15)22-13-7-19(8-14-22)24(30)31-17(3)23(29)26-21-11-9-20(10-12-21)25-18(4)28/h5-14,17H,1-4H3,(H,25,28)(H,26,29)/t17-/m1/s1. The van der Waals surface area contributed by atoms with Crippen molar-refractivity contribution in [1.29, 1.82) is 0 Å². The van der Waals surface area contributed by atoms with Gasteiger partial charge in [0.05, 0.1) is 5.56 Å². The van der Waals surface area contributed by atoms with Crippen LogP contribution in [0.5, 0.6) is 0 Å². The van der Waals surface area contributed by atoms with Crippen molar-refractivity contribution in [3.8, 4) is 5.69 Å². The Bertz CT molecular complexity index is 1080. The van der Waals surface area contributed by atoms with Gasteiger partial charge in [0.25, 0.3) is 5.91 Å². The van der Waals surface area contributed by atoms with Gasteiger partial charge < -0.3 is 19.9 Å². The van der Waals surface area contributed by atoms with E-state index in [0.717, 1.165) is 17.1 Å². The monoisotopic (exact) mass is 419 g/mol. The third-order valence-electron chi connectivity index (χ3n) is 4.76. The number of aryl methyl sites for hydroxylation is 2. The normalized spacial score (nSPS) is 11.5. The maximum absolute atomic E-state index is 12.4. The van der Waals surface area contributed by atoms with Crippen molar-refractivity contribution in [2.75, 3.05) is 10.6 Å². The number of esters is 1. The lowest BCUT2D eigenvalue weighted by molar-refractivity contribution is -0.123. The molecule has 2 amide bonds. The van der Waals surface area contributed by atoms with Gasteiger partial charge in [0.15, 0.2) is 6.10 Å². The SMILES string of the molecule is CC(=O)Nc1ccc(NC(=O)[C@@H](C)OC(=O)c2ccc(-n3c(C)ccc3C)cc2)cc1. The minimum atomic E-state index is -0.976. The van der Waals surface area contributed by atoms with Gasteiger partial charge in [-0.25, -0.2) is 4.79 Å². The number of aromatic nitrogens is 1. The van der Waals surface area contributed by atoms with Crippen LogP contribution < -0.4 is 10.6 Å².